The first-order valence-electron chi connectivity index (χ1n) is 13.6. The number of aromatic nitrogens is 2. The second-order valence-corrected chi connectivity index (χ2v) is 10.7. The van der Waals surface area contributed by atoms with Gasteiger partial charge in [-0.2, -0.15) is 0 Å². The molecule has 37 heavy (non-hydrogen) atoms. The third-order valence-corrected chi connectivity index (χ3v) is 8.31. The first kappa shape index (κ1) is 25.5. The summed E-state index contributed by atoms with van der Waals surface area (Å²) in [7, 11) is 6.05. The molecule has 1 unspecified atom stereocenters. The van der Waals surface area contributed by atoms with Crippen LogP contribution in [0.1, 0.15) is 45.4 Å². The number of nitrogens with zero attached hydrogens (tertiary/aromatic N) is 4. The molecule has 0 bridgehead atoms. The first-order chi connectivity index (χ1) is 18.0. The summed E-state index contributed by atoms with van der Waals surface area (Å²) in [6, 6.07) is 14.8. The van der Waals surface area contributed by atoms with Gasteiger partial charge in [0.15, 0.2) is 0 Å². The SMILES string of the molecule is CCC[C@@H]1C[C@H](N(C)C)CC[C@@H]1N1CCC(Nc2ncnc3ccc(-c4ccccc4OC)cc23)C1=O. The van der Waals surface area contributed by atoms with Crippen LogP contribution in [-0.2, 0) is 4.79 Å². The van der Waals surface area contributed by atoms with E-state index in [0.29, 0.717) is 23.8 Å². The molecular weight excluding hydrogens is 462 g/mol. The summed E-state index contributed by atoms with van der Waals surface area (Å²) < 4.78 is 5.58. The standard InChI is InChI=1S/C30H39N5O2/c1-5-8-21-17-22(34(2)3)12-14-27(21)35-16-15-26(30(35)36)33-29-24-18-20(11-13-25(24)31-19-32-29)23-9-6-7-10-28(23)37-4/h6-7,9-11,13,18-19,21-22,26-27H,5,8,12,14-17H2,1-4H3,(H,31,32,33)/t21-,22-,26?,27+/m1/s1. The number of likely N-dealkylation sites (tertiary alicyclic amines) is 1. The van der Waals surface area contributed by atoms with Gasteiger partial charge in [0.1, 0.15) is 23.9 Å². The van der Waals surface area contributed by atoms with Crippen LogP contribution in [0.4, 0.5) is 5.82 Å². The van der Waals surface area contributed by atoms with Crippen LogP contribution in [0, 0.1) is 5.92 Å². The van der Waals surface area contributed by atoms with E-state index >= 15 is 0 Å². The van der Waals surface area contributed by atoms with Crippen LogP contribution < -0.4 is 10.1 Å². The molecule has 2 aliphatic rings. The highest BCUT2D eigenvalue weighted by Gasteiger charge is 2.41. The van der Waals surface area contributed by atoms with Gasteiger partial charge in [0, 0.05) is 29.6 Å². The van der Waals surface area contributed by atoms with Crippen molar-refractivity contribution in [3.05, 3.63) is 48.8 Å². The summed E-state index contributed by atoms with van der Waals surface area (Å²) in [6.45, 7) is 3.06. The van der Waals surface area contributed by atoms with Crippen molar-refractivity contribution in [3.8, 4) is 16.9 Å². The van der Waals surface area contributed by atoms with Gasteiger partial charge in [0.2, 0.25) is 5.91 Å². The normalized spacial score (nSPS) is 24.1. The third-order valence-electron chi connectivity index (χ3n) is 8.31. The molecule has 196 valence electrons. The molecule has 1 saturated carbocycles. The maximum Gasteiger partial charge on any atom is 0.245 e. The molecule has 5 rings (SSSR count). The van der Waals surface area contributed by atoms with Crippen molar-refractivity contribution in [3.63, 3.8) is 0 Å². The summed E-state index contributed by atoms with van der Waals surface area (Å²) >= 11 is 0. The van der Waals surface area contributed by atoms with Crippen LogP contribution >= 0.6 is 0 Å². The molecule has 3 aromatic rings. The van der Waals surface area contributed by atoms with Gasteiger partial charge in [0.05, 0.1) is 12.6 Å². The molecule has 1 aliphatic carbocycles. The quantitative estimate of drug-likeness (QED) is 0.457. The highest BCUT2D eigenvalue weighted by molar-refractivity contribution is 5.95. The van der Waals surface area contributed by atoms with Crippen LogP contribution in [0.5, 0.6) is 5.75 Å². The Balaban J connectivity index is 1.37. The first-order valence-corrected chi connectivity index (χ1v) is 13.6. The Bertz CT molecular complexity index is 1250. The molecule has 0 spiro atoms. The molecule has 2 aromatic carbocycles. The number of rotatable bonds is 8. The topological polar surface area (TPSA) is 70.6 Å². The number of methoxy groups -OCH3 is 1. The Hall–Kier alpha value is -3.19. The lowest BCUT2D eigenvalue weighted by atomic mass is 9.78. The molecule has 2 fully saturated rings. The molecule has 4 atom stereocenters. The fraction of sp³-hybridized carbons (Fsp3) is 0.500. The number of para-hydroxylation sites is 1. The van der Waals surface area contributed by atoms with E-state index in [4.69, 9.17) is 4.74 Å². The largest absolute Gasteiger partial charge is 0.496 e. The van der Waals surface area contributed by atoms with Crippen molar-refractivity contribution in [1.82, 2.24) is 19.8 Å². The number of benzene rings is 2. The van der Waals surface area contributed by atoms with Crippen LogP contribution in [0.15, 0.2) is 48.8 Å². The minimum Gasteiger partial charge on any atom is -0.496 e. The van der Waals surface area contributed by atoms with Crippen molar-refractivity contribution in [2.45, 2.75) is 63.6 Å². The highest BCUT2D eigenvalue weighted by Crippen LogP contribution is 2.37. The van der Waals surface area contributed by atoms with Crippen LogP contribution in [0.2, 0.25) is 0 Å². The number of carbonyl (C=O) groups is 1. The predicted molar refractivity (Wildman–Crippen MR) is 149 cm³/mol. The van der Waals surface area contributed by atoms with Gasteiger partial charge in [-0.25, -0.2) is 9.97 Å². The number of hydrogen-bond donors (Lipinski definition) is 1. The number of nitrogens with one attached hydrogen (secondary N) is 1. The van der Waals surface area contributed by atoms with Crippen molar-refractivity contribution in [1.29, 1.82) is 0 Å². The fourth-order valence-corrected chi connectivity index (χ4v) is 6.34. The molecule has 2 heterocycles. The number of fused-ring (bicyclic) bond motifs is 1. The molecule has 7 nitrogen and oxygen atoms in total. The minimum atomic E-state index is -0.262. The van der Waals surface area contributed by atoms with E-state index in [1.54, 1.807) is 13.4 Å². The predicted octanol–water partition coefficient (Wildman–Crippen LogP) is 5.22. The molecule has 0 radical (unpaired) electrons. The summed E-state index contributed by atoms with van der Waals surface area (Å²) in [5, 5.41) is 4.41. The van der Waals surface area contributed by atoms with Gasteiger partial charge in [-0.1, -0.05) is 37.6 Å². The fourth-order valence-electron chi connectivity index (χ4n) is 6.34. The average molecular weight is 502 g/mol. The number of carbonyl (C=O) groups excluding carboxylic acids is 1. The lowest BCUT2D eigenvalue weighted by Gasteiger charge is -2.43. The molecule has 7 heteroatoms. The molecule has 1 aromatic heterocycles. The lowest BCUT2D eigenvalue weighted by Crippen LogP contribution is -2.49. The maximum absolute atomic E-state index is 13.7. The van der Waals surface area contributed by atoms with Gasteiger partial charge in [-0.15, -0.1) is 0 Å². The Morgan fingerprint density at radius 1 is 1.11 bits per heavy atom. The van der Waals surface area contributed by atoms with E-state index in [2.05, 4.69) is 58.2 Å². The summed E-state index contributed by atoms with van der Waals surface area (Å²) in [4.78, 5) is 27.2. The number of anilines is 1. The Labute approximate surface area is 220 Å². The Morgan fingerprint density at radius 3 is 2.73 bits per heavy atom. The zero-order valence-corrected chi connectivity index (χ0v) is 22.5. The zero-order chi connectivity index (χ0) is 25.9. The molecule has 1 N–H and O–H groups in total. The van der Waals surface area contributed by atoms with Crippen LogP contribution in [-0.4, -0.2) is 71.6 Å². The number of hydrogen-bond acceptors (Lipinski definition) is 6. The van der Waals surface area contributed by atoms with Gasteiger partial charge in [-0.3, -0.25) is 4.79 Å². The van der Waals surface area contributed by atoms with Crippen LogP contribution in [0.3, 0.4) is 0 Å². The minimum absolute atomic E-state index is 0.210. The van der Waals surface area contributed by atoms with E-state index in [1.165, 1.54) is 12.8 Å². The maximum atomic E-state index is 13.7. The second kappa shape index (κ2) is 11.1. The second-order valence-electron chi connectivity index (χ2n) is 10.7. The number of ether oxygens (including phenoxy) is 1. The van der Waals surface area contributed by atoms with E-state index in [9.17, 15) is 4.79 Å². The lowest BCUT2D eigenvalue weighted by molar-refractivity contribution is -0.132. The van der Waals surface area contributed by atoms with Gasteiger partial charge in [-0.05, 0) is 75.9 Å². The van der Waals surface area contributed by atoms with Crippen molar-refractivity contribution < 1.29 is 9.53 Å². The van der Waals surface area contributed by atoms with Gasteiger partial charge >= 0.3 is 0 Å². The zero-order valence-electron chi connectivity index (χ0n) is 22.5. The third kappa shape index (κ3) is 5.14. The van der Waals surface area contributed by atoms with Crippen molar-refractivity contribution >= 4 is 22.6 Å². The highest BCUT2D eigenvalue weighted by atomic mass is 16.5. The molecule has 1 aliphatic heterocycles. The van der Waals surface area contributed by atoms with Gasteiger partial charge < -0.3 is 19.9 Å². The van der Waals surface area contributed by atoms with Gasteiger partial charge in [0.25, 0.3) is 0 Å². The summed E-state index contributed by atoms with van der Waals surface area (Å²) in [5.41, 5.74) is 2.89. The monoisotopic (exact) mass is 501 g/mol. The van der Waals surface area contributed by atoms with E-state index in [-0.39, 0.29) is 11.9 Å². The molecule has 1 amide bonds. The van der Waals surface area contributed by atoms with Crippen LogP contribution in [0.25, 0.3) is 22.0 Å². The Kier molecular flexibility index (Phi) is 7.60. The average Bonchev–Trinajstić information content (AvgIpc) is 3.28. The molecular formula is C30H39N5O2. The van der Waals surface area contributed by atoms with E-state index in [1.807, 2.05) is 30.3 Å². The Morgan fingerprint density at radius 2 is 1.95 bits per heavy atom. The van der Waals surface area contributed by atoms with Crippen molar-refractivity contribution in [2.24, 2.45) is 5.92 Å². The molecule has 1 saturated heterocycles. The van der Waals surface area contributed by atoms with E-state index in [0.717, 1.165) is 60.0 Å². The summed E-state index contributed by atoms with van der Waals surface area (Å²) in [5.74, 6) is 2.31. The summed E-state index contributed by atoms with van der Waals surface area (Å²) in [6.07, 6.45) is 8.13. The smallest absolute Gasteiger partial charge is 0.245 e. The number of amides is 1. The van der Waals surface area contributed by atoms with Crippen molar-refractivity contribution in [2.75, 3.05) is 33.1 Å². The van der Waals surface area contributed by atoms with E-state index < -0.39 is 0 Å².